The summed E-state index contributed by atoms with van der Waals surface area (Å²) in [5.74, 6) is 2.39. The van der Waals surface area contributed by atoms with Crippen molar-refractivity contribution in [2.75, 3.05) is 13.1 Å². The standard InChI is InChI=1S/C11H14BrNO2S2/c1-4-6-13(7-5-2)17(14,15)10-8-11(12)16-9(10)3/h1,8H,5-7H2,2-3H3. The summed E-state index contributed by atoms with van der Waals surface area (Å²) in [6, 6.07) is 1.63. The van der Waals surface area contributed by atoms with Crippen molar-refractivity contribution in [3.05, 3.63) is 14.7 Å². The number of hydrogen-bond acceptors (Lipinski definition) is 3. The van der Waals surface area contributed by atoms with Gasteiger partial charge in [-0.25, -0.2) is 8.42 Å². The fourth-order valence-corrected chi connectivity index (χ4v) is 5.29. The van der Waals surface area contributed by atoms with Gasteiger partial charge >= 0.3 is 0 Å². The van der Waals surface area contributed by atoms with Crippen LogP contribution in [0.5, 0.6) is 0 Å². The fourth-order valence-electron chi connectivity index (χ4n) is 1.46. The average Bonchev–Trinajstić information content (AvgIpc) is 2.58. The lowest BCUT2D eigenvalue weighted by Crippen LogP contribution is -2.32. The molecule has 0 saturated carbocycles. The van der Waals surface area contributed by atoms with E-state index in [0.717, 1.165) is 15.1 Å². The number of nitrogens with zero attached hydrogens (tertiary/aromatic N) is 1. The summed E-state index contributed by atoms with van der Waals surface area (Å²) < 4.78 is 26.9. The molecule has 0 fully saturated rings. The Morgan fingerprint density at radius 1 is 1.59 bits per heavy atom. The van der Waals surface area contributed by atoms with Crippen LogP contribution in [0.15, 0.2) is 14.7 Å². The van der Waals surface area contributed by atoms with Crippen molar-refractivity contribution < 1.29 is 8.42 Å². The molecule has 0 unspecified atom stereocenters. The lowest BCUT2D eigenvalue weighted by Gasteiger charge is -2.18. The highest BCUT2D eigenvalue weighted by molar-refractivity contribution is 9.11. The Labute approximate surface area is 115 Å². The number of sulfonamides is 1. The van der Waals surface area contributed by atoms with E-state index in [1.807, 2.05) is 6.92 Å². The molecular formula is C11H14BrNO2S2. The third-order valence-electron chi connectivity index (χ3n) is 2.20. The van der Waals surface area contributed by atoms with Crippen LogP contribution < -0.4 is 0 Å². The number of thiophene rings is 1. The lowest BCUT2D eigenvalue weighted by atomic mass is 10.5. The smallest absolute Gasteiger partial charge is 0.207 e. The van der Waals surface area contributed by atoms with Crippen LogP contribution in [-0.2, 0) is 10.0 Å². The van der Waals surface area contributed by atoms with Gasteiger partial charge in [-0.15, -0.1) is 17.8 Å². The second kappa shape index (κ2) is 6.01. The third kappa shape index (κ3) is 3.32. The topological polar surface area (TPSA) is 37.4 Å². The number of halogens is 1. The van der Waals surface area contributed by atoms with Crippen molar-refractivity contribution >= 4 is 37.3 Å². The second-order valence-electron chi connectivity index (χ2n) is 3.51. The predicted octanol–water partition coefficient (Wildman–Crippen LogP) is 2.85. The molecule has 1 rings (SSSR count). The molecule has 1 aromatic rings. The summed E-state index contributed by atoms with van der Waals surface area (Å²) >= 11 is 4.71. The molecule has 0 spiro atoms. The van der Waals surface area contributed by atoms with Crippen molar-refractivity contribution in [3.8, 4) is 12.3 Å². The normalized spacial score (nSPS) is 11.7. The Kier molecular flexibility index (Phi) is 5.20. The van der Waals surface area contributed by atoms with Gasteiger partial charge in [-0.2, -0.15) is 4.31 Å². The van der Waals surface area contributed by atoms with Crippen LogP contribution >= 0.6 is 27.3 Å². The zero-order chi connectivity index (χ0) is 13.1. The minimum absolute atomic E-state index is 0.114. The van der Waals surface area contributed by atoms with E-state index in [-0.39, 0.29) is 6.54 Å². The molecule has 0 bridgehead atoms. The number of rotatable bonds is 5. The monoisotopic (exact) mass is 335 g/mol. The van der Waals surface area contributed by atoms with Crippen LogP contribution in [0.25, 0.3) is 0 Å². The van der Waals surface area contributed by atoms with Gasteiger partial charge in [-0.05, 0) is 35.3 Å². The zero-order valence-corrected chi connectivity index (χ0v) is 13.0. The molecule has 0 radical (unpaired) electrons. The van der Waals surface area contributed by atoms with Crippen LogP contribution in [0.4, 0.5) is 0 Å². The van der Waals surface area contributed by atoms with Gasteiger partial charge in [0.1, 0.15) is 0 Å². The van der Waals surface area contributed by atoms with E-state index >= 15 is 0 Å². The summed E-state index contributed by atoms with van der Waals surface area (Å²) in [4.78, 5) is 1.12. The summed E-state index contributed by atoms with van der Waals surface area (Å²) in [5, 5.41) is 0. The number of aryl methyl sites for hydroxylation is 1. The van der Waals surface area contributed by atoms with Crippen molar-refractivity contribution in [2.24, 2.45) is 0 Å². The maximum atomic E-state index is 12.4. The highest BCUT2D eigenvalue weighted by Gasteiger charge is 2.26. The predicted molar refractivity (Wildman–Crippen MR) is 74.6 cm³/mol. The summed E-state index contributed by atoms with van der Waals surface area (Å²) in [7, 11) is -3.46. The molecule has 1 heterocycles. The van der Waals surface area contributed by atoms with Gasteiger partial charge in [0.2, 0.25) is 10.0 Å². The highest BCUT2D eigenvalue weighted by atomic mass is 79.9. The van der Waals surface area contributed by atoms with Gasteiger partial charge in [0.25, 0.3) is 0 Å². The number of terminal acetylenes is 1. The summed E-state index contributed by atoms with van der Waals surface area (Å²) in [5.41, 5.74) is 0. The zero-order valence-electron chi connectivity index (χ0n) is 9.73. The molecule has 0 amide bonds. The molecule has 1 aromatic heterocycles. The Morgan fingerprint density at radius 3 is 2.65 bits per heavy atom. The van der Waals surface area contributed by atoms with Crippen LogP contribution in [0.2, 0.25) is 0 Å². The Balaban J connectivity index is 3.17. The van der Waals surface area contributed by atoms with Crippen LogP contribution in [0.3, 0.4) is 0 Å². The largest absolute Gasteiger partial charge is 0.245 e. The van der Waals surface area contributed by atoms with Gasteiger partial charge < -0.3 is 0 Å². The molecule has 0 atom stereocenters. The molecule has 94 valence electrons. The van der Waals surface area contributed by atoms with Gasteiger partial charge in [0.05, 0.1) is 15.2 Å². The van der Waals surface area contributed by atoms with E-state index in [0.29, 0.717) is 11.4 Å². The first-order valence-corrected chi connectivity index (χ1v) is 8.18. The van der Waals surface area contributed by atoms with Gasteiger partial charge in [0.15, 0.2) is 0 Å². The quantitative estimate of drug-likeness (QED) is 0.776. The molecule has 0 aliphatic rings. The van der Waals surface area contributed by atoms with Crippen molar-refractivity contribution in [1.82, 2.24) is 4.31 Å². The lowest BCUT2D eigenvalue weighted by molar-refractivity contribution is 0.445. The second-order valence-corrected chi connectivity index (χ2v) is 8.06. The van der Waals surface area contributed by atoms with Crippen molar-refractivity contribution in [2.45, 2.75) is 25.2 Å². The van der Waals surface area contributed by atoms with Crippen molar-refractivity contribution in [1.29, 1.82) is 0 Å². The molecular weight excluding hydrogens is 322 g/mol. The first-order chi connectivity index (χ1) is 7.93. The minimum Gasteiger partial charge on any atom is -0.207 e. The van der Waals surface area contributed by atoms with E-state index in [4.69, 9.17) is 6.42 Å². The molecule has 0 aromatic carbocycles. The van der Waals surface area contributed by atoms with E-state index in [9.17, 15) is 8.42 Å². The minimum atomic E-state index is -3.46. The third-order valence-corrected chi connectivity index (χ3v) is 5.85. The Hall–Kier alpha value is -0.350. The first kappa shape index (κ1) is 14.7. The molecule has 0 aliphatic carbocycles. The highest BCUT2D eigenvalue weighted by Crippen LogP contribution is 2.31. The van der Waals surface area contributed by atoms with Gasteiger partial charge in [0, 0.05) is 11.4 Å². The maximum absolute atomic E-state index is 12.4. The van der Waals surface area contributed by atoms with Crippen LogP contribution in [0.1, 0.15) is 18.2 Å². The fraction of sp³-hybridized carbons (Fsp3) is 0.455. The molecule has 6 heteroatoms. The van der Waals surface area contributed by atoms with Crippen molar-refractivity contribution in [3.63, 3.8) is 0 Å². The number of hydrogen-bond donors (Lipinski definition) is 0. The van der Waals surface area contributed by atoms with Crippen LogP contribution in [-0.4, -0.2) is 25.8 Å². The van der Waals surface area contributed by atoms with Gasteiger partial charge in [-0.1, -0.05) is 12.8 Å². The average molecular weight is 336 g/mol. The molecule has 0 aliphatic heterocycles. The molecule has 0 N–H and O–H groups in total. The summed E-state index contributed by atoms with van der Waals surface area (Å²) in [6.45, 7) is 4.28. The first-order valence-electron chi connectivity index (χ1n) is 5.13. The maximum Gasteiger partial charge on any atom is 0.245 e. The molecule has 3 nitrogen and oxygen atoms in total. The molecule has 17 heavy (non-hydrogen) atoms. The molecule has 0 saturated heterocycles. The SMILES string of the molecule is C#CCN(CCC)S(=O)(=O)c1cc(Br)sc1C. The van der Waals surface area contributed by atoms with E-state index in [2.05, 4.69) is 21.9 Å². The Bertz CT molecular complexity index is 528. The van der Waals surface area contributed by atoms with Gasteiger partial charge in [-0.3, -0.25) is 0 Å². The Morgan fingerprint density at radius 2 is 2.24 bits per heavy atom. The van der Waals surface area contributed by atoms with E-state index in [1.54, 1.807) is 13.0 Å². The summed E-state index contributed by atoms with van der Waals surface area (Å²) in [6.07, 6.45) is 5.96. The van der Waals surface area contributed by atoms with E-state index < -0.39 is 10.0 Å². The van der Waals surface area contributed by atoms with Crippen LogP contribution in [0, 0.1) is 19.3 Å². The van der Waals surface area contributed by atoms with E-state index in [1.165, 1.54) is 15.6 Å².